The molecule has 0 aliphatic rings. The van der Waals surface area contributed by atoms with Crippen LogP contribution in [0.3, 0.4) is 0 Å². The van der Waals surface area contributed by atoms with Gasteiger partial charge in [-0.3, -0.25) is 4.79 Å². The Morgan fingerprint density at radius 2 is 2.11 bits per heavy atom. The third-order valence-electron chi connectivity index (χ3n) is 3.56. The highest BCUT2D eigenvalue weighted by molar-refractivity contribution is 5.83. The largest absolute Gasteiger partial charge is 0.396 e. The lowest BCUT2D eigenvalue weighted by Crippen LogP contribution is -2.83. The van der Waals surface area contributed by atoms with Crippen molar-refractivity contribution in [3.63, 3.8) is 0 Å². The standard InChI is InChI=1S/C15H20N2O2/c1-10-4-5-12-8-13(9-16-6-3-7-18)15(19)17-14(12)11(10)2/h4-5,8,16,18H,3,6-7,9H2,1-2H3,(H,17,19)/p+1. The molecular weight excluding hydrogens is 240 g/mol. The van der Waals surface area contributed by atoms with Crippen molar-refractivity contribution in [2.45, 2.75) is 26.8 Å². The maximum Gasteiger partial charge on any atom is 0.257 e. The minimum Gasteiger partial charge on any atom is -0.396 e. The Morgan fingerprint density at radius 3 is 2.84 bits per heavy atom. The van der Waals surface area contributed by atoms with E-state index in [1.165, 1.54) is 5.56 Å². The summed E-state index contributed by atoms with van der Waals surface area (Å²) in [5.74, 6) is 0. The molecule has 4 nitrogen and oxygen atoms in total. The molecule has 0 saturated heterocycles. The van der Waals surface area contributed by atoms with Crippen LogP contribution in [0, 0.1) is 13.8 Å². The lowest BCUT2D eigenvalue weighted by Gasteiger charge is -2.07. The summed E-state index contributed by atoms with van der Waals surface area (Å²) in [6.45, 7) is 5.76. The molecule has 4 N–H and O–H groups in total. The van der Waals surface area contributed by atoms with Gasteiger partial charge in [-0.15, -0.1) is 0 Å². The van der Waals surface area contributed by atoms with E-state index in [2.05, 4.69) is 11.1 Å². The topological polar surface area (TPSA) is 69.7 Å². The quantitative estimate of drug-likeness (QED) is 0.690. The van der Waals surface area contributed by atoms with Gasteiger partial charge >= 0.3 is 0 Å². The molecule has 0 spiro atoms. The number of fused-ring (bicyclic) bond motifs is 1. The Bertz CT molecular complexity index is 632. The first-order valence-corrected chi connectivity index (χ1v) is 6.68. The van der Waals surface area contributed by atoms with E-state index in [4.69, 9.17) is 5.11 Å². The van der Waals surface area contributed by atoms with Gasteiger partial charge in [0.05, 0.1) is 17.6 Å². The van der Waals surface area contributed by atoms with E-state index in [9.17, 15) is 4.79 Å². The van der Waals surface area contributed by atoms with Crippen LogP contribution in [-0.2, 0) is 6.54 Å². The molecule has 1 aromatic carbocycles. The monoisotopic (exact) mass is 261 g/mol. The number of hydrogen-bond donors (Lipinski definition) is 3. The van der Waals surface area contributed by atoms with Crippen molar-refractivity contribution >= 4 is 10.9 Å². The highest BCUT2D eigenvalue weighted by Gasteiger charge is 2.07. The zero-order valence-corrected chi connectivity index (χ0v) is 11.5. The first-order valence-electron chi connectivity index (χ1n) is 6.68. The molecule has 102 valence electrons. The van der Waals surface area contributed by atoms with Crippen molar-refractivity contribution < 1.29 is 10.4 Å². The molecule has 0 aliphatic carbocycles. The lowest BCUT2D eigenvalue weighted by molar-refractivity contribution is -0.671. The van der Waals surface area contributed by atoms with Crippen LogP contribution in [0.25, 0.3) is 10.9 Å². The number of nitrogens with one attached hydrogen (secondary N) is 1. The maximum absolute atomic E-state index is 12.0. The molecular formula is C15H21N2O2+. The van der Waals surface area contributed by atoms with Crippen molar-refractivity contribution in [3.05, 3.63) is 45.2 Å². The molecule has 19 heavy (non-hydrogen) atoms. The van der Waals surface area contributed by atoms with Gasteiger partial charge in [-0.05, 0) is 36.4 Å². The SMILES string of the molecule is Cc1ccc2cc(C[NH2+]CCCO)c(=O)[nH]c2c1C. The molecule has 0 radical (unpaired) electrons. The predicted octanol–water partition coefficient (Wildman–Crippen LogP) is 0.591. The van der Waals surface area contributed by atoms with Crippen LogP contribution in [0.1, 0.15) is 23.1 Å². The summed E-state index contributed by atoms with van der Waals surface area (Å²) < 4.78 is 0. The molecule has 0 amide bonds. The smallest absolute Gasteiger partial charge is 0.257 e. The van der Waals surface area contributed by atoms with Gasteiger partial charge in [0, 0.05) is 13.0 Å². The van der Waals surface area contributed by atoms with Gasteiger partial charge in [-0.2, -0.15) is 0 Å². The molecule has 0 aliphatic heterocycles. The molecule has 1 aromatic heterocycles. The normalized spacial score (nSPS) is 11.1. The van der Waals surface area contributed by atoms with Crippen molar-refractivity contribution in [1.29, 1.82) is 0 Å². The van der Waals surface area contributed by atoms with E-state index in [1.54, 1.807) is 0 Å². The van der Waals surface area contributed by atoms with Crippen molar-refractivity contribution in [2.24, 2.45) is 0 Å². The van der Waals surface area contributed by atoms with Crippen LogP contribution in [0.2, 0.25) is 0 Å². The molecule has 0 saturated carbocycles. The van der Waals surface area contributed by atoms with Crippen molar-refractivity contribution in [1.82, 2.24) is 4.98 Å². The highest BCUT2D eigenvalue weighted by atomic mass is 16.3. The van der Waals surface area contributed by atoms with Gasteiger partial charge in [0.25, 0.3) is 5.56 Å². The first kappa shape index (κ1) is 13.8. The van der Waals surface area contributed by atoms with Gasteiger partial charge in [-0.1, -0.05) is 12.1 Å². The van der Waals surface area contributed by atoms with Gasteiger partial charge in [0.2, 0.25) is 0 Å². The zero-order chi connectivity index (χ0) is 13.8. The van der Waals surface area contributed by atoms with E-state index < -0.39 is 0 Å². The molecule has 0 atom stereocenters. The van der Waals surface area contributed by atoms with E-state index >= 15 is 0 Å². The number of aromatic nitrogens is 1. The number of aliphatic hydroxyl groups is 1. The fraction of sp³-hybridized carbons (Fsp3) is 0.400. The molecule has 2 rings (SSSR count). The first-order chi connectivity index (χ1) is 9.13. The Balaban J connectivity index is 2.30. The second-order valence-corrected chi connectivity index (χ2v) is 4.95. The molecule has 4 heteroatoms. The summed E-state index contributed by atoms with van der Waals surface area (Å²) in [4.78, 5) is 15.0. The number of quaternary nitrogens is 1. The fourth-order valence-corrected chi connectivity index (χ4v) is 2.21. The second kappa shape index (κ2) is 5.99. The molecule has 0 bridgehead atoms. The number of aliphatic hydroxyl groups excluding tert-OH is 1. The lowest BCUT2D eigenvalue weighted by atomic mass is 10.0. The number of benzene rings is 1. The molecule has 0 unspecified atom stereocenters. The summed E-state index contributed by atoms with van der Waals surface area (Å²) in [6.07, 6.45) is 0.754. The van der Waals surface area contributed by atoms with Crippen LogP contribution in [0.15, 0.2) is 23.0 Å². The van der Waals surface area contributed by atoms with Crippen LogP contribution in [-0.4, -0.2) is 23.2 Å². The summed E-state index contributed by atoms with van der Waals surface area (Å²) >= 11 is 0. The van der Waals surface area contributed by atoms with Gasteiger partial charge < -0.3 is 15.4 Å². The van der Waals surface area contributed by atoms with Gasteiger partial charge in [0.1, 0.15) is 6.54 Å². The Kier molecular flexibility index (Phi) is 4.35. The summed E-state index contributed by atoms with van der Waals surface area (Å²) in [7, 11) is 0. The van der Waals surface area contributed by atoms with Crippen LogP contribution >= 0.6 is 0 Å². The van der Waals surface area contributed by atoms with Crippen molar-refractivity contribution in [3.8, 4) is 0 Å². The van der Waals surface area contributed by atoms with E-state index in [0.717, 1.165) is 35.0 Å². The summed E-state index contributed by atoms with van der Waals surface area (Å²) in [6, 6.07) is 6.09. The average molecular weight is 261 g/mol. The third kappa shape index (κ3) is 3.03. The number of aromatic amines is 1. The number of H-pyrrole nitrogens is 1. The number of aryl methyl sites for hydroxylation is 2. The van der Waals surface area contributed by atoms with Crippen LogP contribution in [0.5, 0.6) is 0 Å². The number of rotatable bonds is 5. The molecule has 1 heterocycles. The molecule has 2 aromatic rings. The van der Waals surface area contributed by atoms with Crippen molar-refractivity contribution in [2.75, 3.05) is 13.2 Å². The van der Waals surface area contributed by atoms with Gasteiger partial charge in [-0.25, -0.2) is 0 Å². The Hall–Kier alpha value is -1.65. The fourth-order valence-electron chi connectivity index (χ4n) is 2.21. The van der Waals surface area contributed by atoms with E-state index in [-0.39, 0.29) is 12.2 Å². The zero-order valence-electron chi connectivity index (χ0n) is 11.5. The van der Waals surface area contributed by atoms with E-state index in [1.807, 2.05) is 31.3 Å². The maximum atomic E-state index is 12.0. The van der Waals surface area contributed by atoms with Crippen LogP contribution < -0.4 is 10.9 Å². The minimum absolute atomic E-state index is 0.0125. The highest BCUT2D eigenvalue weighted by Crippen LogP contribution is 2.18. The average Bonchev–Trinajstić information content (AvgIpc) is 2.40. The Morgan fingerprint density at radius 1 is 1.32 bits per heavy atom. The van der Waals surface area contributed by atoms with Crippen LogP contribution in [0.4, 0.5) is 0 Å². The molecule has 0 fully saturated rings. The summed E-state index contributed by atoms with van der Waals surface area (Å²) in [5.41, 5.74) is 4.02. The number of hydrogen-bond acceptors (Lipinski definition) is 2. The number of pyridine rings is 1. The third-order valence-corrected chi connectivity index (χ3v) is 3.56. The summed E-state index contributed by atoms with van der Waals surface area (Å²) in [5, 5.41) is 11.9. The second-order valence-electron chi connectivity index (χ2n) is 4.95. The minimum atomic E-state index is -0.0125. The number of nitrogens with two attached hydrogens (primary N) is 1. The van der Waals surface area contributed by atoms with Gasteiger partial charge in [0.15, 0.2) is 0 Å². The predicted molar refractivity (Wildman–Crippen MR) is 76.2 cm³/mol. The Labute approximate surface area is 112 Å². The van der Waals surface area contributed by atoms with E-state index in [0.29, 0.717) is 6.54 Å².